The maximum atomic E-state index is 12.5. The third-order valence-electron chi connectivity index (χ3n) is 5.87. The lowest BCUT2D eigenvalue weighted by molar-refractivity contribution is -0.137. The number of carbonyl (C=O) groups excluding carboxylic acids is 2. The molecule has 1 aromatic carbocycles. The second-order valence-corrected chi connectivity index (χ2v) is 7.67. The van der Waals surface area contributed by atoms with E-state index in [1.807, 2.05) is 24.3 Å². The standard InChI is InChI=1S/C21H29N3O3/c1-14-5-4-6-18(15(14)2)22-20(25)13-24-21(26)12-11-19(23-24)16-7-9-17(27-3)10-8-16/h7-10,14-15,18H,4-6,11-13H2,1-3H3,(H,22,25). The van der Waals surface area contributed by atoms with E-state index in [1.54, 1.807) is 7.11 Å². The van der Waals surface area contributed by atoms with Gasteiger partial charge in [-0.3, -0.25) is 9.59 Å². The molecule has 2 amide bonds. The van der Waals surface area contributed by atoms with Crippen molar-refractivity contribution in [1.82, 2.24) is 10.3 Å². The summed E-state index contributed by atoms with van der Waals surface area (Å²) in [7, 11) is 1.63. The summed E-state index contributed by atoms with van der Waals surface area (Å²) in [6.45, 7) is 4.42. The molecule has 0 bridgehead atoms. The van der Waals surface area contributed by atoms with Gasteiger partial charge in [-0.1, -0.05) is 26.7 Å². The van der Waals surface area contributed by atoms with Gasteiger partial charge in [-0.2, -0.15) is 5.10 Å². The number of nitrogens with one attached hydrogen (secondary N) is 1. The Bertz CT molecular complexity index is 714. The van der Waals surface area contributed by atoms with Crippen molar-refractivity contribution >= 4 is 17.5 Å². The molecule has 27 heavy (non-hydrogen) atoms. The smallest absolute Gasteiger partial charge is 0.243 e. The third-order valence-corrected chi connectivity index (χ3v) is 5.87. The van der Waals surface area contributed by atoms with Gasteiger partial charge >= 0.3 is 0 Å². The van der Waals surface area contributed by atoms with Crippen LogP contribution in [-0.2, 0) is 9.59 Å². The molecular weight excluding hydrogens is 342 g/mol. The van der Waals surface area contributed by atoms with Crippen molar-refractivity contribution in [3.63, 3.8) is 0 Å². The van der Waals surface area contributed by atoms with Crippen molar-refractivity contribution in [3.8, 4) is 5.75 Å². The lowest BCUT2D eigenvalue weighted by Gasteiger charge is -2.35. The Morgan fingerprint density at radius 2 is 1.96 bits per heavy atom. The predicted molar refractivity (Wildman–Crippen MR) is 105 cm³/mol. The van der Waals surface area contributed by atoms with Crippen molar-refractivity contribution in [2.45, 2.75) is 52.0 Å². The van der Waals surface area contributed by atoms with Crippen molar-refractivity contribution < 1.29 is 14.3 Å². The molecule has 0 saturated heterocycles. The summed E-state index contributed by atoms with van der Waals surface area (Å²) in [6.07, 6.45) is 4.31. The zero-order valence-electron chi connectivity index (χ0n) is 16.4. The number of benzene rings is 1. The topological polar surface area (TPSA) is 71.0 Å². The zero-order chi connectivity index (χ0) is 19.4. The zero-order valence-corrected chi connectivity index (χ0v) is 16.4. The highest BCUT2D eigenvalue weighted by atomic mass is 16.5. The predicted octanol–water partition coefficient (Wildman–Crippen LogP) is 2.96. The molecule has 3 atom stereocenters. The van der Waals surface area contributed by atoms with Gasteiger partial charge in [-0.15, -0.1) is 0 Å². The average molecular weight is 371 g/mol. The summed E-state index contributed by atoms with van der Waals surface area (Å²) in [5.41, 5.74) is 1.77. The van der Waals surface area contributed by atoms with Crippen molar-refractivity contribution in [1.29, 1.82) is 0 Å². The molecule has 1 aliphatic heterocycles. The summed E-state index contributed by atoms with van der Waals surface area (Å²) in [5.74, 6) is 1.61. The van der Waals surface area contributed by atoms with E-state index in [0.717, 1.165) is 29.9 Å². The van der Waals surface area contributed by atoms with Crippen LogP contribution in [0.4, 0.5) is 0 Å². The number of methoxy groups -OCH3 is 1. The lowest BCUT2D eigenvalue weighted by atomic mass is 9.78. The van der Waals surface area contributed by atoms with Crippen LogP contribution in [0, 0.1) is 11.8 Å². The molecule has 1 aromatic rings. The number of amides is 2. The van der Waals surface area contributed by atoms with E-state index in [9.17, 15) is 9.59 Å². The maximum absolute atomic E-state index is 12.5. The van der Waals surface area contributed by atoms with Crippen molar-refractivity contribution in [2.75, 3.05) is 13.7 Å². The molecule has 0 radical (unpaired) electrons. The number of hydrogen-bond donors (Lipinski definition) is 1. The second kappa shape index (κ2) is 8.55. The minimum Gasteiger partial charge on any atom is -0.497 e. The molecule has 1 saturated carbocycles. The minimum atomic E-state index is -0.131. The first kappa shape index (κ1) is 19.4. The fourth-order valence-electron chi connectivity index (χ4n) is 3.89. The van der Waals surface area contributed by atoms with E-state index in [-0.39, 0.29) is 24.4 Å². The molecular formula is C21H29N3O3. The molecule has 2 aliphatic rings. The molecule has 6 nitrogen and oxygen atoms in total. The highest BCUT2D eigenvalue weighted by Gasteiger charge is 2.29. The largest absolute Gasteiger partial charge is 0.497 e. The van der Waals surface area contributed by atoms with Gasteiger partial charge in [-0.25, -0.2) is 5.01 Å². The SMILES string of the molecule is COc1ccc(C2=NN(CC(=O)NC3CCCC(C)C3C)C(=O)CC2)cc1. The molecule has 1 aliphatic carbocycles. The van der Waals surface area contributed by atoms with Crippen LogP contribution in [0.1, 0.15) is 51.5 Å². The Balaban J connectivity index is 1.65. The fourth-order valence-corrected chi connectivity index (χ4v) is 3.89. The molecule has 1 fully saturated rings. The molecule has 3 rings (SSSR count). The summed E-state index contributed by atoms with van der Waals surface area (Å²) in [6, 6.07) is 7.79. The Labute approximate surface area is 161 Å². The first-order valence-corrected chi connectivity index (χ1v) is 9.79. The van der Waals surface area contributed by atoms with Crippen molar-refractivity contribution in [2.24, 2.45) is 16.9 Å². The molecule has 0 aromatic heterocycles. The number of ether oxygens (including phenoxy) is 1. The number of carbonyl (C=O) groups is 2. The molecule has 3 unspecified atom stereocenters. The van der Waals surface area contributed by atoms with Gasteiger partial charge in [0.05, 0.1) is 12.8 Å². The molecule has 146 valence electrons. The van der Waals surface area contributed by atoms with Gasteiger partial charge in [0.25, 0.3) is 0 Å². The lowest BCUT2D eigenvalue weighted by Crippen LogP contribution is -2.48. The van der Waals surface area contributed by atoms with Crippen LogP contribution in [0.2, 0.25) is 0 Å². The van der Waals surface area contributed by atoms with E-state index >= 15 is 0 Å². The van der Waals surface area contributed by atoms with Crippen LogP contribution in [0.15, 0.2) is 29.4 Å². The Kier molecular flexibility index (Phi) is 6.14. The van der Waals surface area contributed by atoms with Gasteiger partial charge < -0.3 is 10.1 Å². The van der Waals surface area contributed by atoms with Crippen LogP contribution in [0.25, 0.3) is 0 Å². The highest BCUT2D eigenvalue weighted by molar-refractivity contribution is 6.04. The number of hydrazone groups is 1. The van der Waals surface area contributed by atoms with E-state index in [2.05, 4.69) is 24.3 Å². The Hall–Kier alpha value is -2.37. The first-order chi connectivity index (χ1) is 13.0. The Morgan fingerprint density at radius 3 is 2.67 bits per heavy atom. The normalized spacial score (nSPS) is 25.7. The van der Waals surface area contributed by atoms with Gasteiger partial charge in [0.1, 0.15) is 12.3 Å². The van der Waals surface area contributed by atoms with Crippen LogP contribution in [0.3, 0.4) is 0 Å². The quantitative estimate of drug-likeness (QED) is 0.865. The molecule has 6 heteroatoms. The van der Waals surface area contributed by atoms with Crippen LogP contribution in [0.5, 0.6) is 5.75 Å². The van der Waals surface area contributed by atoms with Crippen LogP contribution >= 0.6 is 0 Å². The summed E-state index contributed by atoms with van der Waals surface area (Å²) in [5, 5.41) is 8.89. The maximum Gasteiger partial charge on any atom is 0.243 e. The van der Waals surface area contributed by atoms with Gasteiger partial charge in [-0.05, 0) is 48.1 Å². The minimum absolute atomic E-state index is 0.0178. The highest BCUT2D eigenvalue weighted by Crippen LogP contribution is 2.29. The molecule has 1 heterocycles. The third kappa shape index (κ3) is 4.67. The van der Waals surface area contributed by atoms with Crippen LogP contribution < -0.4 is 10.1 Å². The summed E-state index contributed by atoms with van der Waals surface area (Å²) in [4.78, 5) is 24.7. The van der Waals surface area contributed by atoms with Crippen LogP contribution in [-0.4, -0.2) is 42.2 Å². The first-order valence-electron chi connectivity index (χ1n) is 9.79. The molecule has 1 N–H and O–H groups in total. The van der Waals surface area contributed by atoms with Gasteiger partial charge in [0.15, 0.2) is 0 Å². The number of rotatable bonds is 5. The summed E-state index contributed by atoms with van der Waals surface area (Å²) >= 11 is 0. The van der Waals surface area contributed by atoms with Gasteiger partial charge in [0.2, 0.25) is 11.8 Å². The summed E-state index contributed by atoms with van der Waals surface area (Å²) < 4.78 is 5.18. The molecule has 0 spiro atoms. The average Bonchev–Trinajstić information content (AvgIpc) is 2.67. The van der Waals surface area contributed by atoms with E-state index < -0.39 is 0 Å². The van der Waals surface area contributed by atoms with E-state index in [0.29, 0.717) is 24.7 Å². The fraction of sp³-hybridized carbons (Fsp3) is 0.571. The van der Waals surface area contributed by atoms with Gasteiger partial charge in [0, 0.05) is 18.9 Å². The second-order valence-electron chi connectivity index (χ2n) is 7.67. The van der Waals surface area contributed by atoms with Crippen molar-refractivity contribution in [3.05, 3.63) is 29.8 Å². The van der Waals surface area contributed by atoms with E-state index in [4.69, 9.17) is 4.74 Å². The Morgan fingerprint density at radius 1 is 1.22 bits per heavy atom. The van der Waals surface area contributed by atoms with E-state index in [1.165, 1.54) is 11.4 Å². The number of nitrogens with zero attached hydrogens (tertiary/aromatic N) is 2. The number of hydrogen-bond acceptors (Lipinski definition) is 4. The monoisotopic (exact) mass is 371 g/mol.